The molecule has 2 heteroatoms. The number of benzene rings is 1. The lowest BCUT2D eigenvalue weighted by atomic mass is 9.75. The highest BCUT2D eigenvalue weighted by Crippen LogP contribution is 2.37. The average molecular weight is 285 g/mol. The van der Waals surface area contributed by atoms with E-state index in [2.05, 4.69) is 24.3 Å². The first-order valence-corrected chi connectivity index (χ1v) is 8.58. The Labute approximate surface area is 128 Å². The van der Waals surface area contributed by atoms with E-state index in [-0.39, 0.29) is 0 Å². The quantitative estimate of drug-likeness (QED) is 0.913. The van der Waals surface area contributed by atoms with Crippen molar-refractivity contribution < 1.29 is 4.79 Å². The first-order valence-electron chi connectivity index (χ1n) is 8.58. The molecule has 2 aliphatic carbocycles. The molecule has 0 saturated heterocycles. The third-order valence-electron chi connectivity index (χ3n) is 5.58. The number of fused-ring (bicyclic) bond motifs is 1. The molecule has 1 unspecified atom stereocenters. The van der Waals surface area contributed by atoms with Gasteiger partial charge in [-0.2, -0.15) is 0 Å². The van der Waals surface area contributed by atoms with Gasteiger partial charge in [0.25, 0.3) is 0 Å². The SMILES string of the molecule is NCC1CCC(C(=O)CC2CCCc3ccccc32)CC1. The number of Topliss-reactive ketones (excluding diaryl/α,β-unsaturated/α-hetero) is 1. The summed E-state index contributed by atoms with van der Waals surface area (Å²) in [5.74, 6) is 1.94. The summed E-state index contributed by atoms with van der Waals surface area (Å²) in [7, 11) is 0. The van der Waals surface area contributed by atoms with E-state index < -0.39 is 0 Å². The number of carbonyl (C=O) groups is 1. The predicted molar refractivity (Wildman–Crippen MR) is 86.2 cm³/mol. The van der Waals surface area contributed by atoms with Crippen LogP contribution in [0, 0.1) is 11.8 Å². The fraction of sp³-hybridized carbons (Fsp3) is 0.632. The third-order valence-corrected chi connectivity index (χ3v) is 5.58. The van der Waals surface area contributed by atoms with E-state index in [0.717, 1.165) is 38.6 Å². The molecule has 0 radical (unpaired) electrons. The number of ketones is 1. The Balaban J connectivity index is 1.61. The molecule has 0 amide bonds. The van der Waals surface area contributed by atoms with Crippen LogP contribution in [-0.2, 0) is 11.2 Å². The third kappa shape index (κ3) is 3.37. The predicted octanol–water partition coefficient (Wildman–Crippen LogP) is 3.83. The van der Waals surface area contributed by atoms with Crippen molar-refractivity contribution in [3.05, 3.63) is 35.4 Å². The van der Waals surface area contributed by atoms with Crippen molar-refractivity contribution in [2.45, 2.75) is 57.3 Å². The molecule has 0 aliphatic heterocycles. The highest BCUT2D eigenvalue weighted by atomic mass is 16.1. The van der Waals surface area contributed by atoms with Crippen molar-refractivity contribution >= 4 is 5.78 Å². The van der Waals surface area contributed by atoms with Crippen LogP contribution in [0.1, 0.15) is 62.0 Å². The molecular weight excluding hydrogens is 258 g/mol. The summed E-state index contributed by atoms with van der Waals surface area (Å²) in [5.41, 5.74) is 8.65. The number of nitrogens with two attached hydrogens (primary N) is 1. The van der Waals surface area contributed by atoms with Crippen molar-refractivity contribution in [2.24, 2.45) is 17.6 Å². The number of rotatable bonds is 4. The Kier molecular flexibility index (Phi) is 4.74. The molecule has 1 aromatic rings. The minimum Gasteiger partial charge on any atom is -0.330 e. The number of aryl methyl sites for hydroxylation is 1. The first-order chi connectivity index (χ1) is 10.3. The van der Waals surface area contributed by atoms with Gasteiger partial charge in [0.2, 0.25) is 0 Å². The van der Waals surface area contributed by atoms with Gasteiger partial charge < -0.3 is 5.73 Å². The zero-order chi connectivity index (χ0) is 14.7. The maximum absolute atomic E-state index is 12.6. The second-order valence-electron chi connectivity index (χ2n) is 6.91. The summed E-state index contributed by atoms with van der Waals surface area (Å²) in [6.45, 7) is 0.789. The Morgan fingerprint density at radius 1 is 1.10 bits per heavy atom. The van der Waals surface area contributed by atoms with E-state index >= 15 is 0 Å². The van der Waals surface area contributed by atoms with Crippen LogP contribution >= 0.6 is 0 Å². The van der Waals surface area contributed by atoms with E-state index in [1.165, 1.54) is 30.4 Å². The van der Waals surface area contributed by atoms with Gasteiger partial charge in [-0.3, -0.25) is 4.79 Å². The average Bonchev–Trinajstić information content (AvgIpc) is 2.55. The second-order valence-corrected chi connectivity index (χ2v) is 6.91. The monoisotopic (exact) mass is 285 g/mol. The van der Waals surface area contributed by atoms with Gasteiger partial charge in [0.05, 0.1) is 0 Å². The standard InChI is InChI=1S/C19H27NO/c20-13-14-8-10-16(11-9-14)19(21)12-17-6-3-5-15-4-1-2-7-18(15)17/h1-2,4,7,14,16-17H,3,5-6,8-13,20H2. The topological polar surface area (TPSA) is 43.1 Å². The zero-order valence-corrected chi connectivity index (χ0v) is 12.9. The smallest absolute Gasteiger partial charge is 0.136 e. The number of hydrogen-bond acceptors (Lipinski definition) is 2. The summed E-state index contributed by atoms with van der Waals surface area (Å²) in [6, 6.07) is 8.71. The van der Waals surface area contributed by atoms with Crippen LogP contribution in [0.2, 0.25) is 0 Å². The lowest BCUT2D eigenvalue weighted by molar-refractivity contribution is -0.124. The summed E-state index contributed by atoms with van der Waals surface area (Å²) in [6.07, 6.45) is 8.78. The van der Waals surface area contributed by atoms with E-state index in [1.807, 2.05) is 0 Å². The van der Waals surface area contributed by atoms with Gasteiger partial charge in [0, 0.05) is 12.3 Å². The van der Waals surface area contributed by atoms with Crippen LogP contribution in [0.3, 0.4) is 0 Å². The number of carbonyl (C=O) groups excluding carboxylic acids is 1. The fourth-order valence-electron chi connectivity index (χ4n) is 4.20. The van der Waals surface area contributed by atoms with Gasteiger partial charge >= 0.3 is 0 Å². The Morgan fingerprint density at radius 2 is 1.86 bits per heavy atom. The summed E-state index contributed by atoms with van der Waals surface area (Å²) < 4.78 is 0. The largest absolute Gasteiger partial charge is 0.330 e. The normalized spacial score (nSPS) is 28.9. The molecule has 21 heavy (non-hydrogen) atoms. The molecule has 1 fully saturated rings. The number of hydrogen-bond donors (Lipinski definition) is 1. The molecular formula is C19H27NO. The highest BCUT2D eigenvalue weighted by molar-refractivity contribution is 5.82. The van der Waals surface area contributed by atoms with Gasteiger partial charge in [0.15, 0.2) is 0 Å². The summed E-state index contributed by atoms with van der Waals surface area (Å²) in [5, 5.41) is 0. The molecule has 0 heterocycles. The van der Waals surface area contributed by atoms with Gasteiger partial charge in [-0.25, -0.2) is 0 Å². The van der Waals surface area contributed by atoms with Crippen LogP contribution < -0.4 is 5.73 Å². The van der Waals surface area contributed by atoms with Gasteiger partial charge in [-0.05, 0) is 74.5 Å². The van der Waals surface area contributed by atoms with Crippen molar-refractivity contribution in [1.82, 2.24) is 0 Å². The van der Waals surface area contributed by atoms with Crippen LogP contribution in [0.5, 0.6) is 0 Å². The molecule has 0 aromatic heterocycles. The van der Waals surface area contributed by atoms with Crippen molar-refractivity contribution in [3.63, 3.8) is 0 Å². The molecule has 3 rings (SSSR count). The molecule has 2 nitrogen and oxygen atoms in total. The molecule has 1 atom stereocenters. The van der Waals surface area contributed by atoms with E-state index in [1.54, 1.807) is 0 Å². The van der Waals surface area contributed by atoms with Crippen LogP contribution in [0.15, 0.2) is 24.3 Å². The molecule has 2 aliphatic rings. The molecule has 1 saturated carbocycles. The Morgan fingerprint density at radius 3 is 2.62 bits per heavy atom. The van der Waals surface area contributed by atoms with Crippen LogP contribution in [0.4, 0.5) is 0 Å². The van der Waals surface area contributed by atoms with Crippen molar-refractivity contribution in [2.75, 3.05) is 6.54 Å². The molecule has 2 N–H and O–H groups in total. The van der Waals surface area contributed by atoms with Crippen molar-refractivity contribution in [1.29, 1.82) is 0 Å². The maximum Gasteiger partial charge on any atom is 0.136 e. The maximum atomic E-state index is 12.6. The fourth-order valence-corrected chi connectivity index (χ4v) is 4.20. The van der Waals surface area contributed by atoms with Gasteiger partial charge in [0.1, 0.15) is 5.78 Å². The Hall–Kier alpha value is -1.15. The van der Waals surface area contributed by atoms with Crippen LogP contribution in [-0.4, -0.2) is 12.3 Å². The van der Waals surface area contributed by atoms with E-state index in [4.69, 9.17) is 5.73 Å². The molecule has 1 aromatic carbocycles. The summed E-state index contributed by atoms with van der Waals surface area (Å²) in [4.78, 5) is 12.6. The van der Waals surface area contributed by atoms with E-state index in [9.17, 15) is 4.79 Å². The lowest BCUT2D eigenvalue weighted by Crippen LogP contribution is -2.27. The molecule has 0 spiro atoms. The summed E-state index contributed by atoms with van der Waals surface area (Å²) >= 11 is 0. The minimum absolute atomic E-state index is 0.307. The molecule has 114 valence electrons. The van der Waals surface area contributed by atoms with Crippen LogP contribution in [0.25, 0.3) is 0 Å². The second kappa shape index (κ2) is 6.74. The first kappa shape index (κ1) is 14.8. The molecule has 0 bridgehead atoms. The minimum atomic E-state index is 0.307. The van der Waals surface area contributed by atoms with Gasteiger partial charge in [-0.15, -0.1) is 0 Å². The lowest BCUT2D eigenvalue weighted by Gasteiger charge is -2.29. The zero-order valence-electron chi connectivity index (χ0n) is 12.9. The highest BCUT2D eigenvalue weighted by Gasteiger charge is 2.29. The van der Waals surface area contributed by atoms with Crippen molar-refractivity contribution in [3.8, 4) is 0 Å². The van der Waals surface area contributed by atoms with E-state index in [0.29, 0.717) is 23.5 Å². The van der Waals surface area contributed by atoms with Gasteiger partial charge in [-0.1, -0.05) is 24.3 Å². The Bertz CT molecular complexity index is 488.